The smallest absolute Gasteiger partial charge is 0.259 e. The number of hydrogen-bond acceptors (Lipinski definition) is 6. The van der Waals surface area contributed by atoms with Gasteiger partial charge in [0, 0.05) is 22.8 Å². The van der Waals surface area contributed by atoms with Crippen LogP contribution in [0.4, 0.5) is 17.1 Å². The summed E-state index contributed by atoms with van der Waals surface area (Å²) in [6, 6.07) is 19.5. The quantitative estimate of drug-likeness (QED) is 0.219. The number of anilines is 3. The second kappa shape index (κ2) is 10.5. The largest absolute Gasteiger partial charge is 0.505 e. The predicted molar refractivity (Wildman–Crippen MR) is 140 cm³/mol. The van der Waals surface area contributed by atoms with E-state index in [1.807, 2.05) is 56.3 Å². The van der Waals surface area contributed by atoms with Crippen molar-refractivity contribution in [1.29, 1.82) is 0 Å². The van der Waals surface area contributed by atoms with Gasteiger partial charge in [-0.25, -0.2) is 0 Å². The maximum Gasteiger partial charge on any atom is 0.259 e. The fraction of sp³-hybridized carbons (Fsp3) is 0.111. The monoisotopic (exact) mass is 472 g/mol. The van der Waals surface area contributed by atoms with E-state index in [1.54, 1.807) is 18.2 Å². The highest BCUT2D eigenvalue weighted by atomic mass is 16.5. The van der Waals surface area contributed by atoms with Crippen LogP contribution >= 0.6 is 0 Å². The number of methoxy groups -OCH3 is 1. The Balaban J connectivity index is 0.000000241. The van der Waals surface area contributed by atoms with E-state index in [1.165, 1.54) is 13.2 Å². The number of aryl methyl sites for hydroxylation is 2. The summed E-state index contributed by atoms with van der Waals surface area (Å²) in [5.74, 6) is -0.495. The molecule has 0 atom stereocenters. The summed E-state index contributed by atoms with van der Waals surface area (Å²) >= 11 is 0. The van der Waals surface area contributed by atoms with Crippen LogP contribution in [0.2, 0.25) is 0 Å². The maximum absolute atomic E-state index is 12.5. The lowest BCUT2D eigenvalue weighted by molar-refractivity contribution is 0.0998. The van der Waals surface area contributed by atoms with E-state index in [-0.39, 0.29) is 22.9 Å². The van der Waals surface area contributed by atoms with Gasteiger partial charge in [-0.3, -0.25) is 9.59 Å². The lowest BCUT2D eigenvalue weighted by Crippen LogP contribution is -2.13. The number of amides is 2. The number of phenols is 1. The molecule has 0 aliphatic rings. The molecule has 0 saturated heterocycles. The third-order valence-corrected chi connectivity index (χ3v) is 5.46. The Kier molecular flexibility index (Phi) is 7.46. The minimum atomic E-state index is -0.532. The summed E-state index contributed by atoms with van der Waals surface area (Å²) in [5.41, 5.74) is 20.4. The Hall–Kier alpha value is -4.72. The summed E-state index contributed by atoms with van der Waals surface area (Å²) < 4.78 is 4.90. The van der Waals surface area contributed by atoms with Crippen LogP contribution < -0.4 is 27.3 Å². The Morgan fingerprint density at radius 1 is 0.914 bits per heavy atom. The molecule has 4 aromatic carbocycles. The molecule has 35 heavy (non-hydrogen) atoms. The van der Waals surface area contributed by atoms with E-state index in [9.17, 15) is 14.7 Å². The SMILES string of the molecule is COc1ccc(C(N)=O)c(N)c1.Cc1ccc(NC(=O)c2cc3ccccc3c(N)c2O)c(C)c1. The van der Waals surface area contributed by atoms with Crippen LogP contribution in [-0.4, -0.2) is 24.0 Å². The molecule has 0 unspecified atom stereocenters. The molecule has 8 N–H and O–H groups in total. The fourth-order valence-electron chi connectivity index (χ4n) is 3.57. The average Bonchev–Trinajstić information content (AvgIpc) is 2.83. The number of rotatable bonds is 4. The molecule has 0 saturated carbocycles. The van der Waals surface area contributed by atoms with E-state index < -0.39 is 5.91 Å². The summed E-state index contributed by atoms with van der Waals surface area (Å²) in [6.45, 7) is 3.92. The highest BCUT2D eigenvalue weighted by Gasteiger charge is 2.17. The van der Waals surface area contributed by atoms with E-state index in [0.29, 0.717) is 22.7 Å². The van der Waals surface area contributed by atoms with Crippen molar-refractivity contribution < 1.29 is 19.4 Å². The molecule has 180 valence electrons. The second-order valence-electron chi connectivity index (χ2n) is 8.00. The number of nitrogens with one attached hydrogen (secondary N) is 1. The van der Waals surface area contributed by atoms with Gasteiger partial charge in [0.05, 0.1) is 23.9 Å². The number of phenolic OH excluding ortho intramolecular Hbond substituents is 1. The van der Waals surface area contributed by atoms with E-state index >= 15 is 0 Å². The van der Waals surface area contributed by atoms with Crippen LogP contribution in [0.1, 0.15) is 31.8 Å². The molecule has 8 heteroatoms. The molecule has 0 radical (unpaired) electrons. The molecule has 0 fully saturated rings. The van der Waals surface area contributed by atoms with Gasteiger partial charge in [-0.05, 0) is 49.1 Å². The number of nitrogens with two attached hydrogens (primary N) is 3. The lowest BCUT2D eigenvalue weighted by atomic mass is 10.0. The summed E-state index contributed by atoms with van der Waals surface area (Å²) in [7, 11) is 1.53. The van der Waals surface area contributed by atoms with Gasteiger partial charge >= 0.3 is 0 Å². The van der Waals surface area contributed by atoms with Gasteiger partial charge in [0.1, 0.15) is 5.75 Å². The zero-order valence-electron chi connectivity index (χ0n) is 19.8. The van der Waals surface area contributed by atoms with Gasteiger partial charge in [0.25, 0.3) is 11.8 Å². The highest BCUT2D eigenvalue weighted by Crippen LogP contribution is 2.34. The van der Waals surface area contributed by atoms with Gasteiger partial charge in [-0.1, -0.05) is 42.0 Å². The van der Waals surface area contributed by atoms with Crippen LogP contribution in [0.25, 0.3) is 10.8 Å². The molecule has 0 bridgehead atoms. The molecule has 2 amide bonds. The Labute approximate surface area is 203 Å². The third kappa shape index (κ3) is 5.62. The lowest BCUT2D eigenvalue weighted by Gasteiger charge is -2.13. The number of primary amides is 1. The number of benzene rings is 4. The molecule has 0 spiro atoms. The maximum atomic E-state index is 12.5. The molecule has 0 heterocycles. The van der Waals surface area contributed by atoms with E-state index in [4.69, 9.17) is 21.9 Å². The topological polar surface area (TPSA) is 154 Å². The number of hydrogen-bond donors (Lipinski definition) is 5. The van der Waals surface area contributed by atoms with Gasteiger partial charge < -0.3 is 32.4 Å². The Morgan fingerprint density at radius 2 is 1.63 bits per heavy atom. The zero-order valence-corrected chi connectivity index (χ0v) is 19.8. The van der Waals surface area contributed by atoms with Gasteiger partial charge in [-0.15, -0.1) is 0 Å². The first kappa shape index (κ1) is 24.9. The first-order valence-electron chi connectivity index (χ1n) is 10.7. The average molecular weight is 473 g/mol. The highest BCUT2D eigenvalue weighted by molar-refractivity contribution is 6.12. The van der Waals surface area contributed by atoms with Crippen molar-refractivity contribution in [3.05, 3.63) is 89.0 Å². The number of carbonyl (C=O) groups is 2. The molecular formula is C27H28N4O4. The van der Waals surface area contributed by atoms with E-state index in [0.717, 1.165) is 21.9 Å². The summed E-state index contributed by atoms with van der Waals surface area (Å²) in [4.78, 5) is 23.3. The number of aromatic hydroxyl groups is 1. The van der Waals surface area contributed by atoms with Crippen molar-refractivity contribution >= 4 is 39.6 Å². The molecule has 8 nitrogen and oxygen atoms in total. The summed E-state index contributed by atoms with van der Waals surface area (Å²) in [5, 5.41) is 14.6. The third-order valence-electron chi connectivity index (χ3n) is 5.46. The van der Waals surface area contributed by atoms with Crippen molar-refractivity contribution in [3.63, 3.8) is 0 Å². The predicted octanol–water partition coefficient (Wildman–Crippen LogP) is 4.37. The van der Waals surface area contributed by atoms with Crippen molar-refractivity contribution in [2.75, 3.05) is 23.9 Å². The van der Waals surface area contributed by atoms with Gasteiger partial charge in [0.2, 0.25) is 0 Å². The van der Waals surface area contributed by atoms with E-state index in [2.05, 4.69) is 5.32 Å². The Bertz CT molecular complexity index is 1420. The van der Waals surface area contributed by atoms with Crippen LogP contribution in [0.5, 0.6) is 11.5 Å². The minimum Gasteiger partial charge on any atom is -0.505 e. The zero-order chi connectivity index (χ0) is 25.7. The second-order valence-corrected chi connectivity index (χ2v) is 8.00. The minimum absolute atomic E-state index is 0.168. The fourth-order valence-corrected chi connectivity index (χ4v) is 3.57. The number of nitrogen functional groups attached to an aromatic ring is 2. The molecular weight excluding hydrogens is 444 g/mol. The molecule has 0 aliphatic heterocycles. The van der Waals surface area contributed by atoms with Crippen molar-refractivity contribution in [2.24, 2.45) is 5.73 Å². The molecule has 4 aromatic rings. The normalized spacial score (nSPS) is 10.3. The standard InChI is InChI=1S/C19H18N2O2.C8H10N2O2/c1-11-7-8-16(12(2)9-11)21-19(23)15-10-13-5-3-4-6-14(13)17(20)18(15)22;1-12-5-2-3-6(8(10)11)7(9)4-5/h3-10,22H,20H2,1-2H3,(H,21,23);2-4H,9H2,1H3,(H2,10,11). The van der Waals surface area contributed by atoms with Crippen LogP contribution in [-0.2, 0) is 0 Å². The molecule has 0 aliphatic carbocycles. The Morgan fingerprint density at radius 3 is 2.26 bits per heavy atom. The van der Waals surface area contributed by atoms with Gasteiger partial charge in [0.15, 0.2) is 5.75 Å². The van der Waals surface area contributed by atoms with Crippen LogP contribution in [0.3, 0.4) is 0 Å². The van der Waals surface area contributed by atoms with Crippen LogP contribution in [0, 0.1) is 13.8 Å². The van der Waals surface area contributed by atoms with Gasteiger partial charge in [-0.2, -0.15) is 0 Å². The molecule has 4 rings (SSSR count). The number of carbonyl (C=O) groups excluding carboxylic acids is 2. The first-order chi connectivity index (χ1) is 16.6. The number of ether oxygens (including phenoxy) is 1. The van der Waals surface area contributed by atoms with Crippen molar-refractivity contribution in [2.45, 2.75) is 13.8 Å². The van der Waals surface area contributed by atoms with Crippen molar-refractivity contribution in [3.8, 4) is 11.5 Å². The summed E-state index contributed by atoms with van der Waals surface area (Å²) in [6.07, 6.45) is 0. The van der Waals surface area contributed by atoms with Crippen molar-refractivity contribution in [1.82, 2.24) is 0 Å². The molecule has 0 aromatic heterocycles. The first-order valence-corrected chi connectivity index (χ1v) is 10.7. The van der Waals surface area contributed by atoms with Crippen LogP contribution in [0.15, 0.2) is 66.7 Å². The number of fused-ring (bicyclic) bond motifs is 1.